The van der Waals surface area contributed by atoms with Gasteiger partial charge >= 0.3 is 0 Å². The van der Waals surface area contributed by atoms with Crippen LogP contribution in [0.4, 0.5) is 0 Å². The summed E-state index contributed by atoms with van der Waals surface area (Å²) in [7, 11) is 0. The van der Waals surface area contributed by atoms with E-state index in [0.29, 0.717) is 0 Å². The van der Waals surface area contributed by atoms with Crippen LogP contribution in [0, 0.1) is 0 Å². The molecule has 0 aliphatic carbocycles. The molecule has 118 valence electrons. The quantitative estimate of drug-likeness (QED) is 0.676. The number of hydrogen-bond donors (Lipinski definition) is 0. The summed E-state index contributed by atoms with van der Waals surface area (Å²) in [5, 5.41) is 0. The fourth-order valence-electron chi connectivity index (χ4n) is 2.69. The minimum absolute atomic E-state index is 0. The molecule has 3 rings (SSSR count). The first-order valence-corrected chi connectivity index (χ1v) is 7.74. The Balaban J connectivity index is 0.00000192. The molecule has 0 bridgehead atoms. The third-order valence-corrected chi connectivity index (χ3v) is 3.75. The Kier molecular flexibility index (Phi) is 6.55. The van der Waals surface area contributed by atoms with Crippen LogP contribution >= 0.6 is 0 Å². The van der Waals surface area contributed by atoms with Crippen molar-refractivity contribution in [2.45, 2.75) is 19.6 Å². The van der Waals surface area contributed by atoms with Crippen LogP contribution in [0.15, 0.2) is 91.0 Å². The predicted octanol–water partition coefficient (Wildman–Crippen LogP) is 4.06. The predicted molar refractivity (Wildman–Crippen MR) is 95.9 cm³/mol. The van der Waals surface area contributed by atoms with E-state index in [-0.39, 0.29) is 5.48 Å². The van der Waals surface area contributed by atoms with Crippen LogP contribution in [-0.4, -0.2) is 10.4 Å². The van der Waals surface area contributed by atoms with Crippen molar-refractivity contribution < 1.29 is 5.48 Å². The molecule has 0 aromatic heterocycles. The Morgan fingerprint density at radius 2 is 0.696 bits per heavy atom. The molecule has 0 heterocycles. The molecule has 0 spiro atoms. The zero-order valence-corrected chi connectivity index (χ0v) is 13.2. The van der Waals surface area contributed by atoms with Crippen LogP contribution in [0.3, 0.4) is 0 Å². The molecule has 0 aliphatic rings. The summed E-state index contributed by atoms with van der Waals surface area (Å²) in [4.78, 5) is 2.49. The number of benzene rings is 3. The molecule has 0 amide bonds. The van der Waals surface area contributed by atoms with Gasteiger partial charge in [0.1, 0.15) is 0 Å². The summed E-state index contributed by atoms with van der Waals surface area (Å²) in [6.45, 7) is 2.89. The van der Waals surface area contributed by atoms with Gasteiger partial charge < -0.3 is 5.48 Å². The molecular formula is C21H23NO. The topological polar surface area (TPSA) is 34.7 Å². The average Bonchev–Trinajstić information content (AvgIpc) is 2.57. The lowest BCUT2D eigenvalue weighted by Crippen LogP contribution is -2.22. The van der Waals surface area contributed by atoms with Gasteiger partial charge in [-0.25, -0.2) is 0 Å². The largest absolute Gasteiger partial charge is 0.412 e. The fraction of sp³-hybridized carbons (Fsp3) is 0.143. The molecule has 0 fully saturated rings. The van der Waals surface area contributed by atoms with E-state index in [9.17, 15) is 0 Å². The third-order valence-electron chi connectivity index (χ3n) is 3.75. The number of rotatable bonds is 6. The zero-order valence-electron chi connectivity index (χ0n) is 13.2. The highest BCUT2D eigenvalue weighted by Gasteiger charge is 2.08. The van der Waals surface area contributed by atoms with E-state index in [1.54, 1.807) is 0 Å². The van der Waals surface area contributed by atoms with Gasteiger partial charge in [-0.15, -0.1) is 0 Å². The Morgan fingerprint density at radius 3 is 0.957 bits per heavy atom. The Labute approximate surface area is 138 Å². The molecule has 3 aromatic carbocycles. The first-order chi connectivity index (χ1) is 10.9. The zero-order chi connectivity index (χ0) is 15.0. The van der Waals surface area contributed by atoms with Gasteiger partial charge in [-0.05, 0) is 16.7 Å². The Hall–Kier alpha value is -2.42. The first-order valence-electron chi connectivity index (χ1n) is 7.74. The molecule has 2 nitrogen and oxygen atoms in total. The van der Waals surface area contributed by atoms with Gasteiger partial charge in [0.15, 0.2) is 0 Å². The molecule has 0 saturated heterocycles. The maximum Gasteiger partial charge on any atom is 0.0240 e. The lowest BCUT2D eigenvalue weighted by atomic mass is 10.1. The molecule has 0 atom stereocenters. The van der Waals surface area contributed by atoms with E-state index in [1.807, 2.05) is 0 Å². The van der Waals surface area contributed by atoms with E-state index in [2.05, 4.69) is 95.9 Å². The minimum atomic E-state index is 0. The highest BCUT2D eigenvalue weighted by molar-refractivity contribution is 5.19. The van der Waals surface area contributed by atoms with Gasteiger partial charge in [0, 0.05) is 19.6 Å². The maximum absolute atomic E-state index is 2.49. The second-order valence-electron chi connectivity index (χ2n) is 5.60. The third kappa shape index (κ3) is 5.37. The van der Waals surface area contributed by atoms with E-state index in [1.165, 1.54) is 16.7 Å². The summed E-state index contributed by atoms with van der Waals surface area (Å²) in [6, 6.07) is 32.1. The van der Waals surface area contributed by atoms with E-state index in [4.69, 9.17) is 0 Å². The molecular weight excluding hydrogens is 282 g/mol. The average molecular weight is 305 g/mol. The van der Waals surface area contributed by atoms with Crippen molar-refractivity contribution in [1.82, 2.24) is 4.90 Å². The lowest BCUT2D eigenvalue weighted by Gasteiger charge is -2.23. The van der Waals surface area contributed by atoms with Crippen molar-refractivity contribution in [3.8, 4) is 0 Å². The van der Waals surface area contributed by atoms with Crippen molar-refractivity contribution >= 4 is 0 Å². The smallest absolute Gasteiger partial charge is 0.0240 e. The molecule has 0 aliphatic heterocycles. The summed E-state index contributed by atoms with van der Waals surface area (Å²) in [5.41, 5.74) is 4.07. The summed E-state index contributed by atoms with van der Waals surface area (Å²) in [6.07, 6.45) is 0. The second kappa shape index (κ2) is 8.89. The fourth-order valence-corrected chi connectivity index (χ4v) is 2.69. The molecule has 0 radical (unpaired) electrons. The molecule has 23 heavy (non-hydrogen) atoms. The highest BCUT2D eigenvalue weighted by atomic mass is 16.0. The normalized spacial score (nSPS) is 10.3. The molecule has 2 N–H and O–H groups in total. The summed E-state index contributed by atoms with van der Waals surface area (Å²) in [5.74, 6) is 0. The van der Waals surface area contributed by atoms with Crippen LogP contribution in [0.25, 0.3) is 0 Å². The van der Waals surface area contributed by atoms with Gasteiger partial charge in [0.05, 0.1) is 0 Å². The standard InChI is InChI=1S/C21H21N.H2O/c1-4-10-19(11-5-1)16-22(17-20-12-6-2-7-13-20)18-21-14-8-3-9-15-21;/h1-15H,16-18H2;1H2. The number of nitrogens with zero attached hydrogens (tertiary/aromatic N) is 1. The van der Waals surface area contributed by atoms with Crippen LogP contribution in [0.5, 0.6) is 0 Å². The monoisotopic (exact) mass is 305 g/mol. The lowest BCUT2D eigenvalue weighted by molar-refractivity contribution is 0.247. The van der Waals surface area contributed by atoms with Crippen molar-refractivity contribution in [3.63, 3.8) is 0 Å². The number of hydrogen-bond acceptors (Lipinski definition) is 1. The van der Waals surface area contributed by atoms with Crippen molar-refractivity contribution in [3.05, 3.63) is 108 Å². The van der Waals surface area contributed by atoms with Gasteiger partial charge in [-0.2, -0.15) is 0 Å². The van der Waals surface area contributed by atoms with E-state index < -0.39 is 0 Å². The van der Waals surface area contributed by atoms with E-state index >= 15 is 0 Å². The van der Waals surface area contributed by atoms with E-state index in [0.717, 1.165) is 19.6 Å². The summed E-state index contributed by atoms with van der Waals surface area (Å²) < 4.78 is 0. The van der Waals surface area contributed by atoms with Gasteiger partial charge in [0.25, 0.3) is 0 Å². The van der Waals surface area contributed by atoms with Crippen molar-refractivity contribution in [2.24, 2.45) is 0 Å². The molecule has 0 unspecified atom stereocenters. The van der Waals surface area contributed by atoms with Gasteiger partial charge in [0.2, 0.25) is 0 Å². The Bertz CT molecular complexity index is 569. The van der Waals surface area contributed by atoms with Crippen molar-refractivity contribution in [1.29, 1.82) is 0 Å². The van der Waals surface area contributed by atoms with Crippen molar-refractivity contribution in [2.75, 3.05) is 0 Å². The van der Waals surface area contributed by atoms with Gasteiger partial charge in [-0.3, -0.25) is 4.90 Å². The van der Waals surface area contributed by atoms with Crippen LogP contribution in [-0.2, 0) is 19.6 Å². The maximum atomic E-state index is 2.49. The van der Waals surface area contributed by atoms with Crippen LogP contribution in [0.2, 0.25) is 0 Å². The minimum Gasteiger partial charge on any atom is -0.412 e. The van der Waals surface area contributed by atoms with Gasteiger partial charge in [-0.1, -0.05) is 91.0 Å². The molecule has 2 heteroatoms. The van der Waals surface area contributed by atoms with Crippen LogP contribution < -0.4 is 0 Å². The molecule has 3 aromatic rings. The molecule has 0 saturated carbocycles. The highest BCUT2D eigenvalue weighted by Crippen LogP contribution is 2.14. The van der Waals surface area contributed by atoms with Crippen LogP contribution in [0.1, 0.15) is 16.7 Å². The SMILES string of the molecule is O.c1ccc(CN(Cc2ccccc2)Cc2ccccc2)cc1. The first kappa shape index (κ1) is 16.9. The summed E-state index contributed by atoms with van der Waals surface area (Å²) >= 11 is 0. The second-order valence-corrected chi connectivity index (χ2v) is 5.60. The Morgan fingerprint density at radius 1 is 0.435 bits per heavy atom.